The van der Waals surface area contributed by atoms with Gasteiger partial charge in [0.15, 0.2) is 0 Å². The van der Waals surface area contributed by atoms with Gasteiger partial charge in [0.1, 0.15) is 0 Å². The summed E-state index contributed by atoms with van der Waals surface area (Å²) in [5.41, 5.74) is 38.4. The summed E-state index contributed by atoms with van der Waals surface area (Å²) in [7, 11) is 0. The molecule has 2 aliphatic carbocycles. The van der Waals surface area contributed by atoms with Gasteiger partial charge in [-0.05, 0) is 255 Å². The lowest BCUT2D eigenvalue weighted by atomic mass is 9.33. The molecule has 2 aliphatic heterocycles. The van der Waals surface area contributed by atoms with E-state index < -0.39 is 0 Å². The number of hydrogen-bond acceptors (Lipinski definition) is 2. The van der Waals surface area contributed by atoms with E-state index >= 15 is 0 Å². The van der Waals surface area contributed by atoms with Crippen LogP contribution in [-0.2, 0) is 32.5 Å². The van der Waals surface area contributed by atoms with Crippen molar-refractivity contribution >= 4 is 101 Å². The number of anilines is 6. The Labute approximate surface area is 668 Å². The summed E-state index contributed by atoms with van der Waals surface area (Å²) < 4.78 is 5.09. The van der Waals surface area contributed by atoms with Crippen LogP contribution in [0, 0.1) is 0 Å². The summed E-state index contributed by atoms with van der Waals surface area (Å²) in [6, 6.07) is 115. The molecule has 4 heterocycles. The zero-order chi connectivity index (χ0) is 77.6. The normalized spacial score (nSPS) is 15.8. The Morgan fingerprint density at radius 3 is 1.04 bits per heavy atom. The van der Waals surface area contributed by atoms with Crippen LogP contribution in [-0.4, -0.2) is 15.8 Å². The summed E-state index contributed by atoms with van der Waals surface area (Å²) in [4.78, 5) is 5.30. The minimum absolute atomic E-state index is 0.0670. The van der Waals surface area contributed by atoms with Crippen molar-refractivity contribution in [2.24, 2.45) is 0 Å². The molecule has 0 unspecified atom stereocenters. The molecular weight excluding hydrogens is 1360 g/mol. The highest BCUT2D eigenvalue weighted by Crippen LogP contribution is 2.53. The standard InChI is InChI=1S/C108H99BN4/c1-103(2,3)78-57-77(58-79(64-78)104(4,5)6)76-39-49-92-98(63-76)110(80-42-33-70(34-43-80)74-37-47-88-90(61-74)107(11,12)55-53-105(88,7)8)100-66-83(113-95-32-24-22-30-85(95)87-60-73(41-52-97(87)113)69-27-19-16-20-28-69)67-101-102(100)109(92)93-50-46-82(112-94-31-23-21-29-84(94)86-59-72(40-51-96(86)112)68-25-17-15-18-26-68)65-99(93)111(101)81-44-35-71(36-45-81)75-38-48-89-91(62-75)108(13,14)56-54-106(89,9)10/h15-52,57-67H,53-56H2,1-14H3. The van der Waals surface area contributed by atoms with E-state index in [-0.39, 0.29) is 39.2 Å². The third-order valence-corrected chi connectivity index (χ3v) is 26.7. The van der Waals surface area contributed by atoms with Crippen LogP contribution in [0.2, 0.25) is 0 Å². The summed E-state index contributed by atoms with van der Waals surface area (Å²) in [5, 5.41) is 4.89. The molecule has 0 fully saturated rings. The minimum Gasteiger partial charge on any atom is -0.311 e. The van der Waals surface area contributed by atoms with Crippen molar-refractivity contribution in [2.45, 2.75) is 155 Å². The molecule has 0 saturated carbocycles. The molecule has 0 spiro atoms. The van der Waals surface area contributed by atoms with Gasteiger partial charge in [-0.1, -0.05) is 303 Å². The largest absolute Gasteiger partial charge is 0.311 e. The fraction of sp³-hybridized carbons (Fsp3) is 0.222. The first-order chi connectivity index (χ1) is 54.2. The Kier molecular flexibility index (Phi) is 15.9. The Bertz CT molecular complexity index is 6530. The van der Waals surface area contributed by atoms with Crippen molar-refractivity contribution < 1.29 is 0 Å². The van der Waals surface area contributed by atoms with Crippen LogP contribution >= 0.6 is 0 Å². The van der Waals surface area contributed by atoms with Crippen molar-refractivity contribution in [1.29, 1.82) is 0 Å². The first-order valence-electron chi connectivity index (χ1n) is 41.1. The maximum absolute atomic E-state index is 2.65. The van der Waals surface area contributed by atoms with E-state index in [0.717, 1.165) is 63.7 Å². The van der Waals surface area contributed by atoms with Gasteiger partial charge in [-0.15, -0.1) is 0 Å². The lowest BCUT2D eigenvalue weighted by molar-refractivity contribution is 0.332. The van der Waals surface area contributed by atoms with Gasteiger partial charge in [0.2, 0.25) is 0 Å². The van der Waals surface area contributed by atoms with E-state index in [1.807, 2.05) is 0 Å². The molecule has 0 radical (unpaired) electrons. The van der Waals surface area contributed by atoms with Gasteiger partial charge in [0, 0.05) is 61.4 Å². The third-order valence-electron chi connectivity index (χ3n) is 26.7. The number of para-hydroxylation sites is 2. The topological polar surface area (TPSA) is 16.3 Å². The van der Waals surface area contributed by atoms with Crippen LogP contribution in [0.25, 0.3) is 111 Å². The van der Waals surface area contributed by atoms with E-state index in [4.69, 9.17) is 0 Å². The van der Waals surface area contributed by atoms with Crippen molar-refractivity contribution in [1.82, 2.24) is 9.13 Å². The van der Waals surface area contributed by atoms with E-state index in [2.05, 4.69) is 413 Å². The van der Waals surface area contributed by atoms with Crippen LogP contribution in [0.4, 0.5) is 34.1 Å². The first kappa shape index (κ1) is 70.5. The lowest BCUT2D eigenvalue weighted by Crippen LogP contribution is -2.61. The predicted molar refractivity (Wildman–Crippen MR) is 484 cm³/mol. The van der Waals surface area contributed by atoms with Gasteiger partial charge < -0.3 is 18.9 Å². The van der Waals surface area contributed by atoms with Crippen LogP contribution in [0.3, 0.4) is 0 Å². The second-order valence-electron chi connectivity index (χ2n) is 37.9. The molecule has 14 aromatic carbocycles. The maximum atomic E-state index is 2.65. The van der Waals surface area contributed by atoms with Crippen LogP contribution in [0.1, 0.15) is 156 Å². The maximum Gasteiger partial charge on any atom is 0.252 e. The highest BCUT2D eigenvalue weighted by atomic mass is 15.2. The van der Waals surface area contributed by atoms with Crippen LogP contribution in [0.5, 0.6) is 0 Å². The monoisotopic (exact) mass is 1460 g/mol. The third kappa shape index (κ3) is 11.5. The Morgan fingerprint density at radius 2 is 0.584 bits per heavy atom. The van der Waals surface area contributed by atoms with Crippen molar-refractivity contribution in [2.75, 3.05) is 9.80 Å². The van der Waals surface area contributed by atoms with E-state index in [0.29, 0.717) is 0 Å². The molecule has 0 saturated heterocycles. The zero-order valence-electron chi connectivity index (χ0n) is 68.0. The summed E-state index contributed by atoms with van der Waals surface area (Å²) in [6.07, 6.45) is 4.68. The van der Waals surface area contributed by atoms with Crippen molar-refractivity contribution in [3.63, 3.8) is 0 Å². The van der Waals surface area contributed by atoms with Gasteiger partial charge in [-0.2, -0.15) is 0 Å². The number of benzene rings is 14. The molecule has 0 N–H and O–H groups in total. The Balaban J connectivity index is 0.874. The van der Waals surface area contributed by atoms with E-state index in [1.54, 1.807) is 0 Å². The van der Waals surface area contributed by atoms with Gasteiger partial charge in [-0.25, -0.2) is 0 Å². The average molecular weight is 1460 g/mol. The summed E-state index contributed by atoms with van der Waals surface area (Å²) in [5.74, 6) is 0. The van der Waals surface area contributed by atoms with Gasteiger partial charge in [0.25, 0.3) is 6.71 Å². The second-order valence-corrected chi connectivity index (χ2v) is 37.9. The van der Waals surface area contributed by atoms with E-state index in [9.17, 15) is 0 Å². The molecule has 5 heteroatoms. The molecule has 20 rings (SSSR count). The number of hydrogen-bond donors (Lipinski definition) is 0. The van der Waals surface area contributed by atoms with Crippen molar-refractivity contribution in [3.05, 3.63) is 331 Å². The van der Waals surface area contributed by atoms with Gasteiger partial charge in [-0.3, -0.25) is 0 Å². The molecule has 4 nitrogen and oxygen atoms in total. The molecule has 554 valence electrons. The Hall–Kier alpha value is -11.7. The average Bonchev–Trinajstić information content (AvgIpc) is 1.18. The molecule has 2 aromatic heterocycles. The molecule has 113 heavy (non-hydrogen) atoms. The molecule has 0 amide bonds. The quantitative estimate of drug-likeness (QED) is 0.134. The highest BCUT2D eigenvalue weighted by molar-refractivity contribution is 7.00. The number of aromatic nitrogens is 2. The van der Waals surface area contributed by atoms with Crippen LogP contribution < -0.4 is 26.2 Å². The molecule has 0 atom stereocenters. The molecule has 4 aliphatic rings. The zero-order valence-corrected chi connectivity index (χ0v) is 68.0. The number of fused-ring (bicyclic) bond motifs is 12. The first-order valence-corrected chi connectivity index (χ1v) is 41.1. The van der Waals surface area contributed by atoms with Crippen molar-refractivity contribution in [3.8, 4) is 67.0 Å². The summed E-state index contributed by atoms with van der Waals surface area (Å²) in [6.45, 7) is 33.5. The fourth-order valence-corrected chi connectivity index (χ4v) is 19.9. The molecule has 16 aromatic rings. The van der Waals surface area contributed by atoms with Gasteiger partial charge >= 0.3 is 0 Å². The predicted octanol–water partition coefficient (Wildman–Crippen LogP) is 27.6. The van der Waals surface area contributed by atoms with Gasteiger partial charge in [0.05, 0.1) is 27.8 Å². The highest BCUT2D eigenvalue weighted by Gasteiger charge is 2.46. The molecular formula is C108H99BN4. The number of nitrogens with zero attached hydrogens (tertiary/aromatic N) is 4. The smallest absolute Gasteiger partial charge is 0.252 e. The minimum atomic E-state index is -0.191. The lowest BCUT2D eigenvalue weighted by Gasteiger charge is -2.45. The SMILES string of the molecule is CC(C)(C)c1cc(-c2ccc3c(c2)N(c2ccc(-c4ccc5c(c4)C(C)(C)CCC5(C)C)cc2)c2cc(-n4c5ccccc5c5cc(-c6ccccc6)ccc54)cc4c2B3c2ccc(-n3c5ccccc5c5cc(-c6ccccc6)ccc53)cc2N4c2ccc(-c3ccc4c(c3)C(C)(C)CCC4(C)C)cc2)cc(C(C)(C)C)c1. The van der Waals surface area contributed by atoms with Crippen LogP contribution in [0.15, 0.2) is 297 Å². The second kappa shape index (κ2) is 25.4. The Morgan fingerprint density at radius 1 is 0.248 bits per heavy atom. The van der Waals surface area contributed by atoms with E-state index in [1.165, 1.54) is 157 Å². The summed E-state index contributed by atoms with van der Waals surface area (Å²) >= 11 is 0. The fourth-order valence-electron chi connectivity index (χ4n) is 19.9. The molecule has 0 bridgehead atoms. The number of rotatable bonds is 9.